The molecule has 0 fully saturated rings. The predicted octanol–water partition coefficient (Wildman–Crippen LogP) is 3.25. The lowest BCUT2D eigenvalue weighted by atomic mass is 10.2. The van der Waals surface area contributed by atoms with E-state index < -0.39 is 0 Å². The Balaban J connectivity index is 2.11. The number of aryl methyl sites for hydroxylation is 1. The van der Waals surface area contributed by atoms with Crippen molar-refractivity contribution in [3.8, 4) is 0 Å². The SMILES string of the molecule is CCSc1cc(Cl)ccc1C(=O)OCc1nnc(C)n1C. The summed E-state index contributed by atoms with van der Waals surface area (Å²) < 4.78 is 7.11. The Morgan fingerprint density at radius 1 is 1.43 bits per heavy atom. The molecule has 2 rings (SSSR count). The van der Waals surface area contributed by atoms with Gasteiger partial charge in [0.25, 0.3) is 0 Å². The van der Waals surface area contributed by atoms with E-state index in [4.69, 9.17) is 16.3 Å². The van der Waals surface area contributed by atoms with Crippen molar-refractivity contribution >= 4 is 29.3 Å². The number of esters is 1. The molecule has 1 heterocycles. The molecule has 0 radical (unpaired) electrons. The second-order valence-electron chi connectivity index (χ2n) is 4.37. The van der Waals surface area contributed by atoms with Gasteiger partial charge in [-0.15, -0.1) is 22.0 Å². The number of carbonyl (C=O) groups is 1. The monoisotopic (exact) mass is 325 g/mol. The van der Waals surface area contributed by atoms with Gasteiger partial charge in [-0.05, 0) is 30.9 Å². The van der Waals surface area contributed by atoms with Crippen LogP contribution in [0.15, 0.2) is 23.1 Å². The second-order valence-corrected chi connectivity index (χ2v) is 6.11. The van der Waals surface area contributed by atoms with Crippen LogP contribution in [0.1, 0.15) is 28.9 Å². The lowest BCUT2D eigenvalue weighted by Crippen LogP contribution is -2.10. The van der Waals surface area contributed by atoms with E-state index in [9.17, 15) is 4.79 Å². The average molecular weight is 326 g/mol. The Labute approximate surface area is 132 Å². The summed E-state index contributed by atoms with van der Waals surface area (Å²) in [4.78, 5) is 13.0. The second kappa shape index (κ2) is 6.95. The molecule has 1 aromatic carbocycles. The molecule has 2 aromatic rings. The Morgan fingerprint density at radius 2 is 2.19 bits per heavy atom. The zero-order valence-corrected chi connectivity index (χ0v) is 13.7. The number of aromatic nitrogens is 3. The molecule has 5 nitrogen and oxygen atoms in total. The quantitative estimate of drug-likeness (QED) is 0.624. The highest BCUT2D eigenvalue weighted by Crippen LogP contribution is 2.26. The van der Waals surface area contributed by atoms with Crippen molar-refractivity contribution in [3.63, 3.8) is 0 Å². The molecule has 0 N–H and O–H groups in total. The lowest BCUT2D eigenvalue weighted by Gasteiger charge is -2.09. The van der Waals surface area contributed by atoms with Crippen molar-refractivity contribution in [2.24, 2.45) is 7.05 Å². The third-order valence-electron chi connectivity index (χ3n) is 2.98. The summed E-state index contributed by atoms with van der Waals surface area (Å²) in [6, 6.07) is 5.15. The Hall–Kier alpha value is -1.53. The third-order valence-corrected chi connectivity index (χ3v) is 4.15. The number of benzene rings is 1. The first-order chi connectivity index (χ1) is 10.0. The molecule has 0 unspecified atom stereocenters. The molecule has 0 aliphatic rings. The van der Waals surface area contributed by atoms with E-state index in [1.807, 2.05) is 20.9 Å². The molecule has 0 aliphatic carbocycles. The maximum atomic E-state index is 12.2. The van der Waals surface area contributed by atoms with E-state index >= 15 is 0 Å². The summed E-state index contributed by atoms with van der Waals surface area (Å²) in [5, 5.41) is 8.49. The van der Waals surface area contributed by atoms with Gasteiger partial charge in [0, 0.05) is 17.0 Å². The largest absolute Gasteiger partial charge is 0.454 e. The van der Waals surface area contributed by atoms with Gasteiger partial charge in [-0.2, -0.15) is 0 Å². The van der Waals surface area contributed by atoms with Crippen molar-refractivity contribution in [2.75, 3.05) is 5.75 Å². The van der Waals surface area contributed by atoms with Gasteiger partial charge in [-0.1, -0.05) is 18.5 Å². The third kappa shape index (κ3) is 3.77. The smallest absolute Gasteiger partial charge is 0.339 e. The molecule has 0 bridgehead atoms. The van der Waals surface area contributed by atoms with Crippen LogP contribution in [0, 0.1) is 6.92 Å². The van der Waals surface area contributed by atoms with Gasteiger partial charge in [-0.25, -0.2) is 4.79 Å². The fourth-order valence-corrected chi connectivity index (χ4v) is 2.79. The lowest BCUT2D eigenvalue weighted by molar-refractivity contribution is 0.0454. The summed E-state index contributed by atoms with van der Waals surface area (Å²) in [5.41, 5.74) is 0.519. The number of nitrogens with zero attached hydrogens (tertiary/aromatic N) is 3. The fraction of sp³-hybridized carbons (Fsp3) is 0.357. The van der Waals surface area contributed by atoms with E-state index in [1.54, 1.807) is 34.5 Å². The summed E-state index contributed by atoms with van der Waals surface area (Å²) >= 11 is 7.52. The minimum atomic E-state index is -0.386. The van der Waals surface area contributed by atoms with Crippen molar-refractivity contribution in [3.05, 3.63) is 40.4 Å². The number of carbonyl (C=O) groups excluding carboxylic acids is 1. The van der Waals surface area contributed by atoms with Crippen molar-refractivity contribution in [1.82, 2.24) is 14.8 Å². The summed E-state index contributed by atoms with van der Waals surface area (Å²) in [7, 11) is 1.83. The van der Waals surface area contributed by atoms with Crippen molar-refractivity contribution in [1.29, 1.82) is 0 Å². The van der Waals surface area contributed by atoms with Crippen LogP contribution in [0.2, 0.25) is 5.02 Å². The molecule has 0 amide bonds. The van der Waals surface area contributed by atoms with Crippen LogP contribution in [-0.4, -0.2) is 26.5 Å². The van der Waals surface area contributed by atoms with Gasteiger partial charge >= 0.3 is 5.97 Å². The normalized spacial score (nSPS) is 10.7. The summed E-state index contributed by atoms with van der Waals surface area (Å²) in [6.07, 6.45) is 0. The number of thioether (sulfide) groups is 1. The molecule has 0 aliphatic heterocycles. The minimum Gasteiger partial charge on any atom is -0.454 e. The molecule has 1 aromatic heterocycles. The number of hydrogen-bond acceptors (Lipinski definition) is 5. The summed E-state index contributed by atoms with van der Waals surface area (Å²) in [6.45, 7) is 3.95. The molecule has 0 saturated carbocycles. The van der Waals surface area contributed by atoms with Crippen LogP contribution in [-0.2, 0) is 18.4 Å². The molecular formula is C14H16ClN3O2S. The van der Waals surface area contributed by atoms with Gasteiger partial charge in [0.05, 0.1) is 5.56 Å². The number of halogens is 1. The zero-order chi connectivity index (χ0) is 15.4. The van der Waals surface area contributed by atoms with Crippen LogP contribution in [0.4, 0.5) is 0 Å². The van der Waals surface area contributed by atoms with Gasteiger partial charge in [0.2, 0.25) is 0 Å². The fourth-order valence-electron chi connectivity index (χ4n) is 1.72. The highest BCUT2D eigenvalue weighted by Gasteiger charge is 2.15. The average Bonchev–Trinajstić information content (AvgIpc) is 2.77. The van der Waals surface area contributed by atoms with E-state index in [-0.39, 0.29) is 12.6 Å². The number of hydrogen-bond donors (Lipinski definition) is 0. The molecule has 0 spiro atoms. The van der Waals surface area contributed by atoms with E-state index in [1.165, 1.54) is 0 Å². The first-order valence-electron chi connectivity index (χ1n) is 6.47. The maximum Gasteiger partial charge on any atom is 0.339 e. The van der Waals surface area contributed by atoms with Gasteiger partial charge in [0.1, 0.15) is 5.82 Å². The van der Waals surface area contributed by atoms with Crippen LogP contribution < -0.4 is 0 Å². The topological polar surface area (TPSA) is 57.0 Å². The van der Waals surface area contributed by atoms with Crippen molar-refractivity contribution < 1.29 is 9.53 Å². The Morgan fingerprint density at radius 3 is 2.81 bits per heavy atom. The van der Waals surface area contributed by atoms with Crippen molar-refractivity contribution in [2.45, 2.75) is 25.3 Å². The first kappa shape index (κ1) is 15.9. The molecule has 0 saturated heterocycles. The maximum absolute atomic E-state index is 12.2. The Bertz CT molecular complexity index is 658. The molecular weight excluding hydrogens is 310 g/mol. The highest BCUT2D eigenvalue weighted by molar-refractivity contribution is 7.99. The molecule has 112 valence electrons. The first-order valence-corrected chi connectivity index (χ1v) is 7.83. The van der Waals surface area contributed by atoms with E-state index in [2.05, 4.69) is 10.2 Å². The molecule has 21 heavy (non-hydrogen) atoms. The predicted molar refractivity (Wildman–Crippen MR) is 82.7 cm³/mol. The number of ether oxygens (including phenoxy) is 1. The van der Waals surface area contributed by atoms with E-state index in [0.29, 0.717) is 16.4 Å². The Kier molecular flexibility index (Phi) is 5.25. The van der Waals surface area contributed by atoms with Gasteiger partial charge in [-0.3, -0.25) is 0 Å². The van der Waals surface area contributed by atoms with Crippen LogP contribution in [0.5, 0.6) is 0 Å². The van der Waals surface area contributed by atoms with Crippen LogP contribution in [0.25, 0.3) is 0 Å². The number of rotatable bonds is 5. The highest BCUT2D eigenvalue weighted by atomic mass is 35.5. The van der Waals surface area contributed by atoms with Crippen LogP contribution >= 0.6 is 23.4 Å². The minimum absolute atomic E-state index is 0.0923. The standard InChI is InChI=1S/C14H16ClN3O2S/c1-4-21-12-7-10(15)5-6-11(12)14(19)20-8-13-17-16-9(2)18(13)3/h5-7H,4,8H2,1-3H3. The van der Waals surface area contributed by atoms with Gasteiger partial charge < -0.3 is 9.30 Å². The molecule has 0 atom stereocenters. The van der Waals surface area contributed by atoms with E-state index in [0.717, 1.165) is 16.5 Å². The van der Waals surface area contributed by atoms with Crippen LogP contribution in [0.3, 0.4) is 0 Å². The van der Waals surface area contributed by atoms with Gasteiger partial charge in [0.15, 0.2) is 12.4 Å². The molecule has 7 heteroatoms. The summed E-state index contributed by atoms with van der Waals surface area (Å²) in [5.74, 6) is 1.85. The zero-order valence-electron chi connectivity index (χ0n) is 12.1.